The van der Waals surface area contributed by atoms with Crippen LogP contribution in [0.4, 0.5) is 5.00 Å². The second kappa shape index (κ2) is 11.5. The van der Waals surface area contributed by atoms with E-state index in [0.29, 0.717) is 61.3 Å². The number of rotatable bonds is 7. The van der Waals surface area contributed by atoms with E-state index in [1.54, 1.807) is 42.2 Å². The smallest absolute Gasteiger partial charge is 0.341 e. The molecule has 4 aromatic rings. The van der Waals surface area contributed by atoms with Crippen molar-refractivity contribution in [2.45, 2.75) is 20.8 Å². The number of esters is 1. The molecule has 4 rings (SSSR count). The van der Waals surface area contributed by atoms with Crippen molar-refractivity contribution in [3.05, 3.63) is 80.1 Å². The van der Waals surface area contributed by atoms with Crippen LogP contribution in [0.25, 0.3) is 22.2 Å². The Labute approximate surface area is 234 Å². The zero-order chi connectivity index (χ0) is 27.6. The minimum Gasteiger partial charge on any atom is -0.465 e. The van der Waals surface area contributed by atoms with Gasteiger partial charge in [-0.1, -0.05) is 47.5 Å². The van der Waals surface area contributed by atoms with E-state index in [1.165, 1.54) is 7.11 Å². The van der Waals surface area contributed by atoms with Gasteiger partial charge in [0.2, 0.25) is 0 Å². The number of fused-ring (bicyclic) bond motifs is 1. The Balaban J connectivity index is 1.81. The quantitative estimate of drug-likeness (QED) is 0.240. The lowest BCUT2D eigenvalue weighted by Crippen LogP contribution is -2.30. The number of benzene rings is 2. The maximum atomic E-state index is 13.7. The number of para-hydroxylation sites is 1. The summed E-state index contributed by atoms with van der Waals surface area (Å²) in [6.45, 7) is 6.48. The number of methoxy groups -OCH3 is 1. The highest BCUT2D eigenvalue weighted by Gasteiger charge is 2.28. The number of hydrogen-bond acceptors (Lipinski definition) is 6. The summed E-state index contributed by atoms with van der Waals surface area (Å²) in [6, 6.07) is 14.0. The fraction of sp³-hybridized carbons (Fsp3) is 0.214. The molecule has 7 nitrogen and oxygen atoms in total. The van der Waals surface area contributed by atoms with Gasteiger partial charge in [-0.15, -0.1) is 11.3 Å². The number of amides is 2. The van der Waals surface area contributed by atoms with E-state index < -0.39 is 11.9 Å². The number of carbonyl (C=O) groups excluding carboxylic acids is 3. The van der Waals surface area contributed by atoms with Crippen LogP contribution in [0.2, 0.25) is 10.0 Å². The summed E-state index contributed by atoms with van der Waals surface area (Å²) in [6.07, 6.45) is 0. The van der Waals surface area contributed by atoms with Crippen molar-refractivity contribution in [1.29, 1.82) is 0 Å². The number of carbonyl (C=O) groups is 3. The number of pyridine rings is 1. The molecule has 0 aliphatic rings. The molecule has 10 heteroatoms. The number of hydrogen-bond donors (Lipinski definition) is 1. The van der Waals surface area contributed by atoms with Crippen molar-refractivity contribution < 1.29 is 19.1 Å². The maximum Gasteiger partial charge on any atom is 0.341 e. The van der Waals surface area contributed by atoms with Gasteiger partial charge in [0.15, 0.2) is 0 Å². The summed E-state index contributed by atoms with van der Waals surface area (Å²) < 4.78 is 4.98. The van der Waals surface area contributed by atoms with Gasteiger partial charge in [0.25, 0.3) is 11.8 Å². The number of nitrogens with one attached hydrogen (secondary N) is 1. The molecule has 2 amide bonds. The van der Waals surface area contributed by atoms with E-state index in [1.807, 2.05) is 32.0 Å². The fourth-order valence-electron chi connectivity index (χ4n) is 4.14. The minimum absolute atomic E-state index is 0.157. The molecule has 0 atom stereocenters. The van der Waals surface area contributed by atoms with Crippen LogP contribution in [0.1, 0.15) is 49.8 Å². The Bertz CT molecular complexity index is 1560. The van der Waals surface area contributed by atoms with Crippen molar-refractivity contribution in [2.75, 3.05) is 25.5 Å². The molecule has 0 saturated carbocycles. The number of aromatic nitrogens is 1. The van der Waals surface area contributed by atoms with Crippen LogP contribution in [-0.2, 0) is 4.74 Å². The average molecular weight is 570 g/mol. The Kier molecular flexibility index (Phi) is 8.35. The number of thiophene rings is 1. The molecule has 0 spiro atoms. The Morgan fingerprint density at radius 1 is 1.03 bits per heavy atom. The second-order valence-corrected chi connectivity index (χ2v) is 10.2. The van der Waals surface area contributed by atoms with Crippen molar-refractivity contribution in [3.63, 3.8) is 0 Å². The van der Waals surface area contributed by atoms with Crippen LogP contribution in [0.3, 0.4) is 0 Å². The third kappa shape index (κ3) is 5.25. The molecule has 2 aromatic heterocycles. The molecular formula is C28H25Cl2N3O4S. The lowest BCUT2D eigenvalue weighted by molar-refractivity contribution is 0.0601. The van der Waals surface area contributed by atoms with Gasteiger partial charge in [0.1, 0.15) is 5.00 Å². The first-order chi connectivity index (χ1) is 18.2. The van der Waals surface area contributed by atoms with Crippen LogP contribution < -0.4 is 5.32 Å². The summed E-state index contributed by atoms with van der Waals surface area (Å²) >= 11 is 13.4. The molecule has 0 radical (unpaired) electrons. The molecule has 2 aromatic carbocycles. The molecule has 0 bridgehead atoms. The zero-order valence-electron chi connectivity index (χ0n) is 21.2. The third-order valence-corrected chi connectivity index (χ3v) is 8.12. The zero-order valence-corrected chi connectivity index (χ0v) is 23.6. The van der Waals surface area contributed by atoms with E-state index >= 15 is 0 Å². The molecule has 0 fully saturated rings. The summed E-state index contributed by atoms with van der Waals surface area (Å²) in [7, 11) is 1.26. The molecule has 0 saturated heterocycles. The Morgan fingerprint density at radius 2 is 1.74 bits per heavy atom. The van der Waals surface area contributed by atoms with Crippen molar-refractivity contribution >= 4 is 68.2 Å². The monoisotopic (exact) mass is 569 g/mol. The van der Waals surface area contributed by atoms with Gasteiger partial charge in [-0.25, -0.2) is 9.78 Å². The standard InChI is InChI=1S/C28H25Cl2N3O4S/c1-5-33(6-2)27(35)24-15(3)23(28(36)37-4)26(38-24)32-25(34)18-14-22(16-11-12-19(29)20(30)13-16)31-21-10-8-7-9-17(18)21/h7-14H,5-6H2,1-4H3,(H,32,34). The lowest BCUT2D eigenvalue weighted by atomic mass is 10.0. The average Bonchev–Trinajstić information content (AvgIpc) is 3.24. The van der Waals surface area contributed by atoms with Crippen molar-refractivity contribution in [3.8, 4) is 11.3 Å². The molecule has 196 valence electrons. The predicted molar refractivity (Wildman–Crippen MR) is 153 cm³/mol. The van der Waals surface area contributed by atoms with E-state index in [-0.39, 0.29) is 16.5 Å². The van der Waals surface area contributed by atoms with Crippen molar-refractivity contribution in [1.82, 2.24) is 9.88 Å². The molecule has 38 heavy (non-hydrogen) atoms. The molecule has 2 heterocycles. The normalized spacial score (nSPS) is 10.9. The van der Waals surface area contributed by atoms with E-state index in [4.69, 9.17) is 32.9 Å². The van der Waals surface area contributed by atoms with Gasteiger partial charge in [-0.3, -0.25) is 9.59 Å². The largest absolute Gasteiger partial charge is 0.465 e. The summed E-state index contributed by atoms with van der Waals surface area (Å²) in [5.41, 5.74) is 2.78. The molecule has 1 N–H and O–H groups in total. The summed E-state index contributed by atoms with van der Waals surface area (Å²) in [4.78, 5) is 46.3. The second-order valence-electron chi connectivity index (χ2n) is 8.38. The van der Waals surface area contributed by atoms with Crippen molar-refractivity contribution in [2.24, 2.45) is 0 Å². The highest BCUT2D eigenvalue weighted by molar-refractivity contribution is 7.18. The van der Waals surface area contributed by atoms with E-state index in [9.17, 15) is 14.4 Å². The van der Waals surface area contributed by atoms with Gasteiger partial charge in [0.05, 0.1) is 44.4 Å². The van der Waals surface area contributed by atoms with Gasteiger partial charge >= 0.3 is 5.97 Å². The number of ether oxygens (including phenoxy) is 1. The first kappa shape index (κ1) is 27.6. The predicted octanol–water partition coefficient (Wildman–Crippen LogP) is 7.10. The summed E-state index contributed by atoms with van der Waals surface area (Å²) in [5.74, 6) is -1.30. The molecular weight excluding hydrogens is 545 g/mol. The Morgan fingerprint density at radius 3 is 2.39 bits per heavy atom. The van der Waals surface area contributed by atoms with Crippen LogP contribution in [0, 0.1) is 6.92 Å². The topological polar surface area (TPSA) is 88.6 Å². The van der Waals surface area contributed by atoms with Crippen LogP contribution in [0.15, 0.2) is 48.5 Å². The van der Waals surface area contributed by atoms with Crippen LogP contribution in [-0.4, -0.2) is 47.9 Å². The van der Waals surface area contributed by atoms with Crippen LogP contribution in [0.5, 0.6) is 0 Å². The van der Waals surface area contributed by atoms with Gasteiger partial charge in [0, 0.05) is 24.0 Å². The number of halogens is 2. The van der Waals surface area contributed by atoms with Gasteiger partial charge in [-0.05, 0) is 50.6 Å². The maximum absolute atomic E-state index is 13.7. The first-order valence-corrected chi connectivity index (χ1v) is 13.4. The van der Waals surface area contributed by atoms with Gasteiger partial charge in [-0.2, -0.15) is 0 Å². The first-order valence-electron chi connectivity index (χ1n) is 11.9. The molecule has 0 aliphatic heterocycles. The van der Waals surface area contributed by atoms with E-state index in [0.717, 1.165) is 11.3 Å². The number of nitrogens with zero attached hydrogens (tertiary/aromatic N) is 2. The highest BCUT2D eigenvalue weighted by atomic mass is 35.5. The SMILES string of the molecule is CCN(CC)C(=O)c1sc(NC(=O)c2cc(-c3ccc(Cl)c(Cl)c3)nc3ccccc23)c(C(=O)OC)c1C. The fourth-order valence-corrected chi connectivity index (χ4v) is 5.60. The summed E-state index contributed by atoms with van der Waals surface area (Å²) in [5, 5.41) is 4.50. The van der Waals surface area contributed by atoms with Gasteiger partial charge < -0.3 is 15.0 Å². The Hall–Kier alpha value is -3.46. The van der Waals surface area contributed by atoms with E-state index in [2.05, 4.69) is 5.32 Å². The third-order valence-electron chi connectivity index (χ3n) is 6.18. The number of anilines is 1. The molecule has 0 aliphatic carbocycles. The lowest BCUT2D eigenvalue weighted by Gasteiger charge is -2.17. The minimum atomic E-state index is -0.635. The highest BCUT2D eigenvalue weighted by Crippen LogP contribution is 2.36. The molecule has 0 unspecified atom stereocenters. The van der Waals surface area contributed by atoms with Crippen LogP contribution >= 0.6 is 34.5 Å².